The van der Waals surface area contributed by atoms with E-state index in [2.05, 4.69) is 175 Å². The highest BCUT2D eigenvalue weighted by Gasteiger charge is 2.44. The van der Waals surface area contributed by atoms with Gasteiger partial charge in [0.2, 0.25) is 0 Å². The van der Waals surface area contributed by atoms with E-state index in [1.54, 1.807) is 22.3 Å². The molecule has 356 valence electrons. The van der Waals surface area contributed by atoms with E-state index in [0.29, 0.717) is 0 Å². The first kappa shape index (κ1) is 47.5. The number of unbranched alkanes of at least 4 members (excludes halogenated alkanes) is 12. The zero-order valence-corrected chi connectivity index (χ0v) is 43.3. The maximum absolute atomic E-state index is 2.59. The molecule has 0 atom stereocenters. The summed E-state index contributed by atoms with van der Waals surface area (Å²) >= 11 is 0. The maximum atomic E-state index is 2.59. The van der Waals surface area contributed by atoms with Gasteiger partial charge in [-0.25, -0.2) is 0 Å². The molecule has 0 bridgehead atoms. The predicted octanol–water partition coefficient (Wildman–Crippen LogP) is 20.9. The van der Waals surface area contributed by atoms with Crippen molar-refractivity contribution in [2.45, 2.75) is 186 Å². The van der Waals surface area contributed by atoms with Crippen LogP contribution in [0.15, 0.2) is 133 Å². The Morgan fingerprint density at radius 3 is 1.23 bits per heavy atom. The molecule has 0 saturated carbocycles. The zero-order valence-electron chi connectivity index (χ0n) is 43.3. The van der Waals surface area contributed by atoms with Gasteiger partial charge in [0.05, 0.1) is 0 Å². The van der Waals surface area contributed by atoms with Gasteiger partial charge < -0.3 is 0 Å². The van der Waals surface area contributed by atoms with Gasteiger partial charge in [0.25, 0.3) is 0 Å². The van der Waals surface area contributed by atoms with E-state index < -0.39 is 0 Å². The highest BCUT2D eigenvalue weighted by Crippen LogP contribution is 2.59. The SMILES string of the molecule is CCCCCCC1(CCCCCC)c2ccccc2-c2cc(-c3ccc4c(c3)C(C)(C)c3cc(-c5ccc6c(c5)-c5ccccc5C6(CCCCCC)CCCCCC)c5ccccc5c3-4)ccc21. The van der Waals surface area contributed by atoms with Crippen LogP contribution in [0.2, 0.25) is 0 Å². The second-order valence-electron chi connectivity index (χ2n) is 22.3. The van der Waals surface area contributed by atoms with Gasteiger partial charge in [0.15, 0.2) is 0 Å². The molecule has 3 aliphatic rings. The summed E-state index contributed by atoms with van der Waals surface area (Å²) in [6.45, 7) is 14.3. The smallest absolute Gasteiger partial charge is 0.0215 e. The molecule has 69 heavy (non-hydrogen) atoms. The lowest BCUT2D eigenvalue weighted by atomic mass is 9.70. The summed E-state index contributed by atoms with van der Waals surface area (Å²) in [6.07, 6.45) is 25.9. The van der Waals surface area contributed by atoms with Crippen molar-refractivity contribution in [3.8, 4) is 55.6 Å². The standard InChI is InChI=1S/C69H80/c1-7-11-15-25-41-68(42-26-16-12-8-2)60-33-23-21-30-53(60)58-45-49(36-39-62(58)68)50-35-38-56-64(47-50)67(5,6)65-48-57(52-29-19-20-32-55(52)66(56)65)51-37-40-63-59(46-51)54-31-22-24-34-61(54)69(63,43-27-17-13-9-3)44-28-18-14-10-4/h19-24,29-40,45-48H,7-18,25-28,41-44H2,1-6H3. The molecule has 0 N–H and O–H groups in total. The van der Waals surface area contributed by atoms with Crippen LogP contribution < -0.4 is 0 Å². The summed E-state index contributed by atoms with van der Waals surface area (Å²) in [4.78, 5) is 0. The second kappa shape index (κ2) is 20.3. The van der Waals surface area contributed by atoms with Gasteiger partial charge in [-0.15, -0.1) is 0 Å². The minimum Gasteiger partial charge on any atom is -0.0654 e. The van der Waals surface area contributed by atoms with Crippen molar-refractivity contribution in [2.75, 3.05) is 0 Å². The first-order valence-corrected chi connectivity index (χ1v) is 28.0. The fraction of sp³-hybridized carbons (Fsp3) is 0.420. The fourth-order valence-corrected chi connectivity index (χ4v) is 14.0. The molecule has 7 aromatic rings. The van der Waals surface area contributed by atoms with E-state index in [-0.39, 0.29) is 16.2 Å². The molecule has 0 fully saturated rings. The Kier molecular flexibility index (Phi) is 13.9. The molecule has 0 aromatic heterocycles. The van der Waals surface area contributed by atoms with Crippen molar-refractivity contribution in [3.05, 3.63) is 167 Å². The Balaban J connectivity index is 1.03. The Hall–Kier alpha value is -5.20. The topological polar surface area (TPSA) is 0 Å². The summed E-state index contributed by atoms with van der Waals surface area (Å²) in [5.41, 5.74) is 23.3. The van der Waals surface area contributed by atoms with Crippen molar-refractivity contribution in [1.29, 1.82) is 0 Å². The first-order chi connectivity index (χ1) is 33.8. The number of rotatable bonds is 22. The zero-order chi connectivity index (χ0) is 47.6. The normalized spacial score (nSPS) is 15.2. The molecule has 0 amide bonds. The van der Waals surface area contributed by atoms with Gasteiger partial charge in [-0.1, -0.05) is 253 Å². The molecule has 3 aliphatic carbocycles. The summed E-state index contributed by atoms with van der Waals surface area (Å²) in [5.74, 6) is 0. The van der Waals surface area contributed by atoms with Crippen molar-refractivity contribution in [1.82, 2.24) is 0 Å². The quantitative estimate of drug-likeness (QED) is 0.0595. The van der Waals surface area contributed by atoms with Gasteiger partial charge in [0, 0.05) is 16.2 Å². The third-order valence-electron chi connectivity index (χ3n) is 17.7. The first-order valence-electron chi connectivity index (χ1n) is 28.0. The Morgan fingerprint density at radius 1 is 0.290 bits per heavy atom. The summed E-state index contributed by atoms with van der Waals surface area (Å²) in [5, 5.41) is 2.72. The number of benzene rings is 7. The van der Waals surface area contributed by atoms with Gasteiger partial charge in [-0.2, -0.15) is 0 Å². The van der Waals surface area contributed by atoms with Crippen LogP contribution in [-0.4, -0.2) is 0 Å². The van der Waals surface area contributed by atoms with E-state index in [9.17, 15) is 0 Å². The van der Waals surface area contributed by atoms with Crippen molar-refractivity contribution in [2.24, 2.45) is 0 Å². The average Bonchev–Trinajstić information content (AvgIpc) is 3.91. The van der Waals surface area contributed by atoms with Crippen molar-refractivity contribution in [3.63, 3.8) is 0 Å². The summed E-state index contributed by atoms with van der Waals surface area (Å²) in [6, 6.07) is 53.5. The minimum atomic E-state index is -0.162. The van der Waals surface area contributed by atoms with Crippen molar-refractivity contribution >= 4 is 10.8 Å². The van der Waals surface area contributed by atoms with Crippen LogP contribution >= 0.6 is 0 Å². The molecule has 10 rings (SSSR count). The lowest BCUT2D eigenvalue weighted by Crippen LogP contribution is -2.25. The van der Waals surface area contributed by atoms with Crippen LogP contribution in [0.4, 0.5) is 0 Å². The Labute approximate surface area is 417 Å². The van der Waals surface area contributed by atoms with Crippen molar-refractivity contribution < 1.29 is 0 Å². The highest BCUT2D eigenvalue weighted by molar-refractivity contribution is 6.09. The Bertz CT molecular complexity index is 2910. The molecule has 0 aliphatic heterocycles. The lowest BCUT2D eigenvalue weighted by molar-refractivity contribution is 0.401. The monoisotopic (exact) mass is 909 g/mol. The van der Waals surface area contributed by atoms with Crippen LogP contribution in [0, 0.1) is 0 Å². The maximum Gasteiger partial charge on any atom is 0.0215 e. The van der Waals surface area contributed by atoms with Crippen LogP contribution in [0.5, 0.6) is 0 Å². The highest BCUT2D eigenvalue weighted by atomic mass is 14.5. The number of hydrogen-bond acceptors (Lipinski definition) is 0. The van der Waals surface area contributed by atoms with E-state index >= 15 is 0 Å². The van der Waals surface area contributed by atoms with Gasteiger partial charge >= 0.3 is 0 Å². The second-order valence-corrected chi connectivity index (χ2v) is 22.3. The van der Waals surface area contributed by atoms with E-state index in [0.717, 1.165) is 0 Å². The average molecular weight is 909 g/mol. The largest absolute Gasteiger partial charge is 0.0654 e. The lowest BCUT2D eigenvalue weighted by Gasteiger charge is -2.33. The van der Waals surface area contributed by atoms with Gasteiger partial charge in [-0.3, -0.25) is 0 Å². The van der Waals surface area contributed by atoms with E-state index in [1.165, 1.54) is 206 Å². The molecular weight excluding hydrogens is 829 g/mol. The van der Waals surface area contributed by atoms with Crippen LogP contribution in [0.3, 0.4) is 0 Å². The van der Waals surface area contributed by atoms with Gasteiger partial charge in [0.1, 0.15) is 0 Å². The molecule has 0 nitrogen and oxygen atoms in total. The molecule has 0 heteroatoms. The summed E-state index contributed by atoms with van der Waals surface area (Å²) in [7, 11) is 0. The fourth-order valence-electron chi connectivity index (χ4n) is 14.0. The minimum absolute atomic E-state index is 0.0983. The molecule has 0 radical (unpaired) electrons. The van der Waals surface area contributed by atoms with E-state index in [1.807, 2.05) is 0 Å². The molecule has 0 unspecified atom stereocenters. The molecule has 0 heterocycles. The van der Waals surface area contributed by atoms with Crippen LogP contribution in [0.1, 0.15) is 203 Å². The van der Waals surface area contributed by atoms with E-state index in [4.69, 9.17) is 0 Å². The summed E-state index contributed by atoms with van der Waals surface area (Å²) < 4.78 is 0. The molecule has 0 saturated heterocycles. The van der Waals surface area contributed by atoms with Crippen LogP contribution in [-0.2, 0) is 16.2 Å². The van der Waals surface area contributed by atoms with Gasteiger partial charge in [-0.05, 0) is 150 Å². The predicted molar refractivity (Wildman–Crippen MR) is 300 cm³/mol. The number of hydrogen-bond donors (Lipinski definition) is 0. The third-order valence-corrected chi connectivity index (χ3v) is 17.7. The number of fused-ring (bicyclic) bond motifs is 11. The Morgan fingerprint density at radius 2 is 0.710 bits per heavy atom. The molecule has 7 aromatic carbocycles. The molecule has 0 spiro atoms. The molecular formula is C69H80. The third kappa shape index (κ3) is 8.34. The van der Waals surface area contributed by atoms with Crippen LogP contribution in [0.25, 0.3) is 66.4 Å².